The van der Waals surface area contributed by atoms with Gasteiger partial charge in [0.2, 0.25) is 0 Å². The third-order valence-corrected chi connectivity index (χ3v) is 6.73. The van der Waals surface area contributed by atoms with Crippen molar-refractivity contribution >= 4 is 22.6 Å². The van der Waals surface area contributed by atoms with Crippen LogP contribution in [-0.4, -0.2) is 32.4 Å². The smallest absolute Gasteiger partial charge is 0.344 e. The van der Waals surface area contributed by atoms with E-state index in [0.29, 0.717) is 35.9 Å². The summed E-state index contributed by atoms with van der Waals surface area (Å²) >= 11 is 6.00. The average molecular weight is 492 g/mol. The largest absolute Gasteiger partial charge is 0.493 e. The van der Waals surface area contributed by atoms with E-state index < -0.39 is 5.63 Å². The van der Waals surface area contributed by atoms with Crippen LogP contribution in [0.1, 0.15) is 16.7 Å². The molecule has 6 nitrogen and oxygen atoms in total. The van der Waals surface area contributed by atoms with Crippen LogP contribution in [0.3, 0.4) is 0 Å². The van der Waals surface area contributed by atoms with Gasteiger partial charge in [-0.2, -0.15) is 0 Å². The van der Waals surface area contributed by atoms with Gasteiger partial charge in [0.05, 0.1) is 25.3 Å². The fraction of sp³-hybridized carbons (Fsp3) is 0.250. The molecule has 1 aliphatic heterocycles. The second-order valence-corrected chi connectivity index (χ2v) is 9.02. The molecule has 180 valence electrons. The van der Waals surface area contributed by atoms with Gasteiger partial charge in [0, 0.05) is 23.5 Å². The molecule has 4 aromatic rings. The maximum atomic E-state index is 13.2. The van der Waals surface area contributed by atoms with E-state index in [0.717, 1.165) is 45.8 Å². The predicted molar refractivity (Wildman–Crippen MR) is 137 cm³/mol. The van der Waals surface area contributed by atoms with Crippen molar-refractivity contribution in [2.75, 3.05) is 27.5 Å². The summed E-state index contributed by atoms with van der Waals surface area (Å²) in [7, 11) is 3.15. The molecule has 35 heavy (non-hydrogen) atoms. The molecule has 0 unspecified atom stereocenters. The summed E-state index contributed by atoms with van der Waals surface area (Å²) in [6.07, 6.45) is 0.868. The zero-order valence-electron chi connectivity index (χ0n) is 19.9. The summed E-state index contributed by atoms with van der Waals surface area (Å²) in [5, 5.41) is 1.62. The molecule has 1 aliphatic rings. The van der Waals surface area contributed by atoms with Gasteiger partial charge in [-0.05, 0) is 66.4 Å². The fourth-order valence-electron chi connectivity index (χ4n) is 4.58. The Morgan fingerprint density at radius 1 is 1.00 bits per heavy atom. The summed E-state index contributed by atoms with van der Waals surface area (Å²) < 4.78 is 22.7. The molecule has 0 spiro atoms. The third-order valence-electron chi connectivity index (χ3n) is 6.48. The van der Waals surface area contributed by atoms with Crippen LogP contribution >= 0.6 is 11.6 Å². The number of fused-ring (bicyclic) bond motifs is 3. The second-order valence-electron chi connectivity index (χ2n) is 8.58. The van der Waals surface area contributed by atoms with Crippen molar-refractivity contribution < 1.29 is 18.6 Å². The molecule has 2 heterocycles. The molecule has 1 aromatic heterocycles. The number of halogens is 1. The van der Waals surface area contributed by atoms with Crippen LogP contribution < -0.4 is 19.8 Å². The van der Waals surface area contributed by atoms with E-state index in [-0.39, 0.29) is 0 Å². The van der Waals surface area contributed by atoms with Crippen molar-refractivity contribution in [1.29, 1.82) is 0 Å². The van der Waals surface area contributed by atoms with Crippen molar-refractivity contribution in [2.24, 2.45) is 0 Å². The van der Waals surface area contributed by atoms with Gasteiger partial charge in [0.15, 0.2) is 11.5 Å². The monoisotopic (exact) mass is 491 g/mol. The highest BCUT2D eigenvalue weighted by Gasteiger charge is 2.24. The first-order valence-electron chi connectivity index (χ1n) is 11.4. The first-order chi connectivity index (χ1) is 17.0. The Balaban J connectivity index is 1.48. The van der Waals surface area contributed by atoms with Crippen molar-refractivity contribution in [3.05, 3.63) is 86.7 Å². The molecule has 0 aliphatic carbocycles. The van der Waals surface area contributed by atoms with E-state index in [2.05, 4.69) is 4.90 Å². The number of benzene rings is 3. The maximum Gasteiger partial charge on any atom is 0.344 e. The number of ether oxygens (including phenoxy) is 3. The van der Waals surface area contributed by atoms with Crippen molar-refractivity contribution in [3.8, 4) is 28.4 Å². The van der Waals surface area contributed by atoms with Crippen LogP contribution in [0.15, 0.2) is 63.8 Å². The molecular weight excluding hydrogens is 466 g/mol. The highest BCUT2D eigenvalue weighted by molar-refractivity contribution is 6.30. The molecule has 7 heteroatoms. The standard InChI is InChI=1S/C28H26ClNO5/c1-17-21-9-11-23-22(15-30(16-34-23)13-12-18-4-7-20(29)8-5-18)27(21)35-28(31)26(17)19-6-10-24(32-2)25(14-19)33-3/h4-11,14H,12-13,15-16H2,1-3H3. The maximum absolute atomic E-state index is 13.2. The zero-order chi connectivity index (χ0) is 24.5. The van der Waals surface area contributed by atoms with E-state index in [4.69, 9.17) is 30.2 Å². The van der Waals surface area contributed by atoms with E-state index in [1.807, 2.05) is 49.4 Å². The Kier molecular flexibility index (Phi) is 6.41. The Hall–Kier alpha value is -3.48. The number of nitrogens with zero attached hydrogens (tertiary/aromatic N) is 1. The molecule has 0 N–H and O–H groups in total. The Labute approximate surface area is 208 Å². The van der Waals surface area contributed by atoms with E-state index in [9.17, 15) is 4.79 Å². The Morgan fingerprint density at radius 2 is 1.77 bits per heavy atom. The molecule has 0 bridgehead atoms. The average Bonchev–Trinajstić information content (AvgIpc) is 2.88. The van der Waals surface area contributed by atoms with Crippen molar-refractivity contribution in [2.45, 2.75) is 19.9 Å². The van der Waals surface area contributed by atoms with Crippen molar-refractivity contribution in [1.82, 2.24) is 4.90 Å². The quantitative estimate of drug-likeness (QED) is 0.316. The first-order valence-corrected chi connectivity index (χ1v) is 11.8. The second kappa shape index (κ2) is 9.64. The molecule has 0 saturated heterocycles. The summed E-state index contributed by atoms with van der Waals surface area (Å²) in [6, 6.07) is 17.2. The predicted octanol–water partition coefficient (Wildman–Crippen LogP) is 5.83. The molecule has 5 rings (SSSR count). The SMILES string of the molecule is COc1ccc(-c2c(C)c3ccc4c(c3oc2=O)CN(CCc2ccc(Cl)cc2)CO4)cc1OC. The Bertz CT molecular complexity index is 1440. The minimum absolute atomic E-state index is 0.395. The Morgan fingerprint density at radius 3 is 2.51 bits per heavy atom. The number of hydrogen-bond donors (Lipinski definition) is 0. The first kappa shape index (κ1) is 23.3. The van der Waals surface area contributed by atoms with Gasteiger partial charge in [0.1, 0.15) is 18.1 Å². The van der Waals surface area contributed by atoms with Crippen LogP contribution in [0.5, 0.6) is 17.2 Å². The molecule has 0 atom stereocenters. The van der Waals surface area contributed by atoms with Crippen molar-refractivity contribution in [3.63, 3.8) is 0 Å². The van der Waals surface area contributed by atoms with Gasteiger partial charge >= 0.3 is 5.63 Å². The van der Waals surface area contributed by atoms with Gasteiger partial charge in [-0.15, -0.1) is 0 Å². The van der Waals surface area contributed by atoms with Gasteiger partial charge in [-0.25, -0.2) is 4.79 Å². The van der Waals surface area contributed by atoms with E-state index in [1.165, 1.54) is 5.56 Å². The lowest BCUT2D eigenvalue weighted by atomic mass is 9.97. The molecule has 0 fully saturated rings. The molecular formula is C28H26ClNO5. The summed E-state index contributed by atoms with van der Waals surface area (Å²) in [4.78, 5) is 15.4. The number of aryl methyl sites for hydroxylation is 1. The number of hydrogen-bond acceptors (Lipinski definition) is 6. The van der Waals surface area contributed by atoms with Gasteiger partial charge in [-0.1, -0.05) is 29.8 Å². The van der Waals surface area contributed by atoms with E-state index >= 15 is 0 Å². The molecule has 0 saturated carbocycles. The van der Waals surface area contributed by atoms with E-state index in [1.54, 1.807) is 26.4 Å². The fourth-order valence-corrected chi connectivity index (χ4v) is 4.70. The lowest BCUT2D eigenvalue weighted by Gasteiger charge is -2.29. The minimum Gasteiger partial charge on any atom is -0.493 e. The topological polar surface area (TPSA) is 61.1 Å². The number of rotatable bonds is 6. The summed E-state index contributed by atoms with van der Waals surface area (Å²) in [5.74, 6) is 1.91. The van der Waals surface area contributed by atoms with Gasteiger partial charge in [0.25, 0.3) is 0 Å². The van der Waals surface area contributed by atoms with Crippen LogP contribution in [0.2, 0.25) is 5.02 Å². The highest BCUT2D eigenvalue weighted by atomic mass is 35.5. The van der Waals surface area contributed by atoms with Crippen LogP contribution in [0, 0.1) is 6.92 Å². The normalized spacial score (nSPS) is 13.4. The number of methoxy groups -OCH3 is 2. The van der Waals surface area contributed by atoms with Gasteiger partial charge in [-0.3, -0.25) is 4.90 Å². The summed E-state index contributed by atoms with van der Waals surface area (Å²) in [6.45, 7) is 3.88. The van der Waals surface area contributed by atoms with Gasteiger partial charge < -0.3 is 18.6 Å². The molecule has 3 aromatic carbocycles. The van der Waals surface area contributed by atoms with Crippen LogP contribution in [0.4, 0.5) is 0 Å². The molecule has 0 amide bonds. The highest BCUT2D eigenvalue weighted by Crippen LogP contribution is 2.37. The lowest BCUT2D eigenvalue weighted by molar-refractivity contribution is 0.0968. The van der Waals surface area contributed by atoms with Crippen LogP contribution in [-0.2, 0) is 13.0 Å². The third kappa shape index (κ3) is 4.47. The zero-order valence-corrected chi connectivity index (χ0v) is 20.6. The minimum atomic E-state index is -0.395. The van der Waals surface area contributed by atoms with Crippen LogP contribution in [0.25, 0.3) is 22.1 Å². The lowest BCUT2D eigenvalue weighted by Crippen LogP contribution is -2.33. The summed E-state index contributed by atoms with van der Waals surface area (Å²) in [5.41, 5.74) is 4.36. The molecule has 0 radical (unpaired) electrons.